The number of hydrazone groups is 1. The highest BCUT2D eigenvalue weighted by molar-refractivity contribution is 5.82. The molecule has 0 amide bonds. The highest BCUT2D eigenvalue weighted by Gasteiger charge is 2.17. The fraction of sp³-hybridized carbons (Fsp3) is 0.368. The van der Waals surface area contributed by atoms with Gasteiger partial charge in [0.2, 0.25) is 5.75 Å². The summed E-state index contributed by atoms with van der Waals surface area (Å²) in [5.74, 6) is 2.83. The van der Waals surface area contributed by atoms with Gasteiger partial charge in [-0.05, 0) is 24.3 Å². The third-order valence-electron chi connectivity index (χ3n) is 4.29. The van der Waals surface area contributed by atoms with E-state index in [-0.39, 0.29) is 0 Å². The van der Waals surface area contributed by atoms with Crippen LogP contribution in [0.5, 0.6) is 17.2 Å². The number of rotatable bonds is 6. The minimum atomic E-state index is 0.580. The maximum absolute atomic E-state index is 5.38. The molecule has 1 aromatic heterocycles. The van der Waals surface area contributed by atoms with E-state index in [1.54, 1.807) is 21.3 Å². The van der Waals surface area contributed by atoms with E-state index in [0.29, 0.717) is 17.2 Å². The molecule has 2 heterocycles. The first-order valence-electron chi connectivity index (χ1n) is 8.50. The molecule has 2 aromatic rings. The Morgan fingerprint density at radius 3 is 2.19 bits per heavy atom. The van der Waals surface area contributed by atoms with E-state index < -0.39 is 0 Å². The Balaban J connectivity index is 1.66. The second-order valence-corrected chi connectivity index (χ2v) is 5.83. The number of benzene rings is 1. The molecule has 7 heteroatoms. The van der Waals surface area contributed by atoms with E-state index in [0.717, 1.165) is 37.6 Å². The van der Waals surface area contributed by atoms with Crippen molar-refractivity contribution in [3.8, 4) is 17.2 Å². The highest BCUT2D eigenvalue weighted by atomic mass is 16.5. The van der Waals surface area contributed by atoms with Crippen LogP contribution in [0.25, 0.3) is 0 Å². The summed E-state index contributed by atoms with van der Waals surface area (Å²) in [6, 6.07) is 9.75. The zero-order valence-electron chi connectivity index (χ0n) is 15.4. The summed E-state index contributed by atoms with van der Waals surface area (Å²) in [4.78, 5) is 6.67. The molecule has 7 nitrogen and oxygen atoms in total. The standard InChI is InChI=1S/C19H24N4O3/c1-24-16-12-15(13-17(25-2)19(16)26-3)14-21-23-10-8-22(9-11-23)18-6-4-5-7-20-18/h4-7,12-14H,8-11H2,1-3H3. The second kappa shape index (κ2) is 8.42. The van der Waals surface area contributed by atoms with E-state index in [1.807, 2.05) is 42.7 Å². The number of pyridine rings is 1. The van der Waals surface area contributed by atoms with Crippen LogP contribution in [-0.4, -0.2) is 63.7 Å². The molecule has 1 aliphatic rings. The van der Waals surface area contributed by atoms with Gasteiger partial charge in [0.15, 0.2) is 11.5 Å². The van der Waals surface area contributed by atoms with Gasteiger partial charge >= 0.3 is 0 Å². The average molecular weight is 356 g/mol. The van der Waals surface area contributed by atoms with Crippen LogP contribution in [0.4, 0.5) is 5.82 Å². The van der Waals surface area contributed by atoms with Gasteiger partial charge in [0.1, 0.15) is 5.82 Å². The van der Waals surface area contributed by atoms with Gasteiger partial charge in [-0.2, -0.15) is 5.10 Å². The molecule has 0 bridgehead atoms. The first-order chi connectivity index (χ1) is 12.7. The van der Waals surface area contributed by atoms with Gasteiger partial charge in [-0.3, -0.25) is 5.01 Å². The van der Waals surface area contributed by atoms with Gasteiger partial charge in [-0.1, -0.05) is 6.07 Å². The molecular formula is C19H24N4O3. The topological polar surface area (TPSA) is 59.4 Å². The van der Waals surface area contributed by atoms with Crippen molar-refractivity contribution in [1.82, 2.24) is 9.99 Å². The molecule has 0 saturated carbocycles. The third-order valence-corrected chi connectivity index (χ3v) is 4.29. The molecule has 0 atom stereocenters. The normalized spacial score (nSPS) is 14.6. The molecule has 1 aromatic carbocycles. The van der Waals surface area contributed by atoms with Crippen LogP contribution in [0.1, 0.15) is 5.56 Å². The fourth-order valence-corrected chi connectivity index (χ4v) is 2.91. The summed E-state index contributed by atoms with van der Waals surface area (Å²) >= 11 is 0. The van der Waals surface area contributed by atoms with Crippen LogP contribution in [0, 0.1) is 0 Å². The molecule has 1 saturated heterocycles. The van der Waals surface area contributed by atoms with Crippen LogP contribution < -0.4 is 19.1 Å². The zero-order chi connectivity index (χ0) is 18.4. The first-order valence-corrected chi connectivity index (χ1v) is 8.50. The Kier molecular flexibility index (Phi) is 5.78. The molecule has 138 valence electrons. The van der Waals surface area contributed by atoms with Gasteiger partial charge in [-0.25, -0.2) is 4.98 Å². The Bertz CT molecular complexity index is 719. The SMILES string of the molecule is COc1cc(C=NN2CCN(c3ccccn3)CC2)cc(OC)c1OC. The van der Waals surface area contributed by atoms with Gasteiger partial charge in [0.25, 0.3) is 0 Å². The lowest BCUT2D eigenvalue weighted by molar-refractivity contribution is 0.271. The molecule has 26 heavy (non-hydrogen) atoms. The van der Waals surface area contributed by atoms with Crippen molar-refractivity contribution in [1.29, 1.82) is 0 Å². The summed E-state index contributed by atoms with van der Waals surface area (Å²) < 4.78 is 16.1. The number of piperazine rings is 1. The minimum absolute atomic E-state index is 0.580. The van der Waals surface area contributed by atoms with Crippen molar-refractivity contribution in [3.05, 3.63) is 42.1 Å². The maximum Gasteiger partial charge on any atom is 0.203 e. The fourth-order valence-electron chi connectivity index (χ4n) is 2.91. The van der Waals surface area contributed by atoms with Crippen LogP contribution in [0.2, 0.25) is 0 Å². The lowest BCUT2D eigenvalue weighted by Crippen LogP contribution is -2.44. The summed E-state index contributed by atoms with van der Waals surface area (Å²) in [5, 5.41) is 6.66. The van der Waals surface area contributed by atoms with E-state index >= 15 is 0 Å². The van der Waals surface area contributed by atoms with Crippen molar-refractivity contribution in [2.24, 2.45) is 5.10 Å². The number of methoxy groups -OCH3 is 3. The number of anilines is 1. The molecule has 3 rings (SSSR count). The maximum atomic E-state index is 5.38. The van der Waals surface area contributed by atoms with E-state index in [9.17, 15) is 0 Å². The van der Waals surface area contributed by atoms with E-state index in [2.05, 4.69) is 20.0 Å². The smallest absolute Gasteiger partial charge is 0.203 e. The second-order valence-electron chi connectivity index (χ2n) is 5.83. The molecule has 0 spiro atoms. The number of nitrogens with zero attached hydrogens (tertiary/aromatic N) is 4. The first kappa shape index (κ1) is 17.8. The number of hydrogen-bond donors (Lipinski definition) is 0. The van der Waals surface area contributed by atoms with Crippen molar-refractivity contribution in [3.63, 3.8) is 0 Å². The predicted molar refractivity (Wildman–Crippen MR) is 102 cm³/mol. The van der Waals surface area contributed by atoms with Crippen LogP contribution in [-0.2, 0) is 0 Å². The van der Waals surface area contributed by atoms with Crippen LogP contribution in [0.15, 0.2) is 41.6 Å². The number of aromatic nitrogens is 1. The van der Waals surface area contributed by atoms with Gasteiger partial charge in [0.05, 0.1) is 40.6 Å². The molecule has 0 aliphatic carbocycles. The summed E-state index contributed by atoms with van der Waals surface area (Å²) in [6.45, 7) is 3.47. The Morgan fingerprint density at radius 1 is 0.962 bits per heavy atom. The predicted octanol–water partition coefficient (Wildman–Crippen LogP) is 2.26. The summed E-state index contributed by atoms with van der Waals surface area (Å²) in [5.41, 5.74) is 0.895. The number of ether oxygens (including phenoxy) is 3. The molecule has 1 fully saturated rings. The molecule has 0 N–H and O–H groups in total. The lowest BCUT2D eigenvalue weighted by Gasteiger charge is -2.33. The van der Waals surface area contributed by atoms with E-state index in [1.165, 1.54) is 0 Å². The molecule has 0 radical (unpaired) electrons. The zero-order valence-corrected chi connectivity index (χ0v) is 15.4. The largest absolute Gasteiger partial charge is 0.493 e. The summed E-state index contributed by atoms with van der Waals surface area (Å²) in [7, 11) is 4.80. The lowest BCUT2D eigenvalue weighted by atomic mass is 10.2. The molecule has 0 unspecified atom stereocenters. The van der Waals surface area contributed by atoms with Gasteiger partial charge in [-0.15, -0.1) is 0 Å². The van der Waals surface area contributed by atoms with Crippen LogP contribution in [0.3, 0.4) is 0 Å². The minimum Gasteiger partial charge on any atom is -0.493 e. The van der Waals surface area contributed by atoms with Gasteiger partial charge < -0.3 is 19.1 Å². The Labute approximate surface area is 153 Å². The van der Waals surface area contributed by atoms with E-state index in [4.69, 9.17) is 14.2 Å². The van der Waals surface area contributed by atoms with Crippen molar-refractivity contribution in [2.45, 2.75) is 0 Å². The third kappa shape index (κ3) is 3.99. The van der Waals surface area contributed by atoms with Crippen molar-refractivity contribution >= 4 is 12.0 Å². The van der Waals surface area contributed by atoms with Crippen molar-refractivity contribution in [2.75, 3.05) is 52.4 Å². The molecular weight excluding hydrogens is 332 g/mol. The summed E-state index contributed by atoms with van der Waals surface area (Å²) in [6.07, 6.45) is 3.64. The number of hydrogen-bond acceptors (Lipinski definition) is 7. The monoisotopic (exact) mass is 356 g/mol. The van der Waals surface area contributed by atoms with Crippen LogP contribution >= 0.6 is 0 Å². The highest BCUT2D eigenvalue weighted by Crippen LogP contribution is 2.37. The average Bonchev–Trinajstić information content (AvgIpc) is 2.72. The van der Waals surface area contributed by atoms with Crippen molar-refractivity contribution < 1.29 is 14.2 Å². The Morgan fingerprint density at radius 2 is 1.65 bits per heavy atom. The van der Waals surface area contributed by atoms with Gasteiger partial charge in [0, 0.05) is 24.8 Å². The Hall–Kier alpha value is -2.96. The quantitative estimate of drug-likeness (QED) is 0.740. The molecule has 1 aliphatic heterocycles.